The molecule has 12 nitrogen and oxygen atoms in total. The van der Waals surface area contributed by atoms with E-state index in [0.717, 1.165) is 63.0 Å². The maximum atomic E-state index is 14.1. The number of para-hydroxylation sites is 3. The molecule has 1 aromatic heterocycles. The van der Waals surface area contributed by atoms with Crippen LogP contribution >= 0.6 is 25.1 Å². The Balaban J connectivity index is 0.00000476. The van der Waals surface area contributed by atoms with Crippen molar-refractivity contribution in [2.24, 2.45) is 0 Å². The highest BCUT2D eigenvalue weighted by Gasteiger charge is 2.31. The molecule has 0 spiro atoms. The Morgan fingerprint density at radius 3 is 0.902 bits per heavy atom. The van der Waals surface area contributed by atoms with Crippen LogP contribution in [0.4, 0.5) is 0 Å². The summed E-state index contributed by atoms with van der Waals surface area (Å²) in [7, 11) is -4.74. The monoisotopic (exact) mass is 871 g/mol. The summed E-state index contributed by atoms with van der Waals surface area (Å²) < 4.78 is 40.9. The van der Waals surface area contributed by atoms with E-state index in [1.54, 1.807) is 0 Å². The van der Waals surface area contributed by atoms with Gasteiger partial charge >= 0.3 is 17.1 Å². The lowest BCUT2D eigenvalue weighted by Crippen LogP contribution is -2.55. The van der Waals surface area contributed by atoms with Gasteiger partial charge in [-0.05, 0) is 53.1 Å². The van der Waals surface area contributed by atoms with Gasteiger partial charge in [0.25, 0.3) is 25.1 Å². The van der Waals surface area contributed by atoms with Crippen molar-refractivity contribution in [1.29, 1.82) is 0 Å². The van der Waals surface area contributed by atoms with Crippen LogP contribution in [-0.2, 0) is 33.2 Å². The molecular formula is C46H40N3O9P3. The van der Waals surface area contributed by atoms with Gasteiger partial charge in [-0.3, -0.25) is 0 Å². The van der Waals surface area contributed by atoms with Crippen LogP contribution in [-0.4, -0.2) is 33.5 Å². The maximum Gasteiger partial charge on any atom is 0.336 e. The third-order valence-corrected chi connectivity index (χ3v) is 15.0. The second-order valence-corrected chi connectivity index (χ2v) is 18.2. The molecule has 3 atom stereocenters. The molecule has 3 unspecified atom stereocenters. The first kappa shape index (κ1) is 40.7. The van der Waals surface area contributed by atoms with Gasteiger partial charge in [-0.25, -0.2) is 28.1 Å². The molecule has 61 heavy (non-hydrogen) atoms. The molecule has 10 rings (SSSR count). The summed E-state index contributed by atoms with van der Waals surface area (Å²) in [5.74, 6) is 2.08. The molecule has 0 bridgehead atoms. The molecule has 0 fully saturated rings. The van der Waals surface area contributed by atoms with Crippen LogP contribution in [0.15, 0.2) is 160 Å². The molecule has 308 valence electrons. The van der Waals surface area contributed by atoms with Crippen LogP contribution in [0.5, 0.6) is 17.2 Å². The minimum atomic E-state index is -1.58. The van der Waals surface area contributed by atoms with Crippen molar-refractivity contribution in [2.45, 2.75) is 27.1 Å². The number of fused-ring (bicyclic) bond motifs is 9. The highest BCUT2D eigenvalue weighted by atomic mass is 31.2. The van der Waals surface area contributed by atoms with Gasteiger partial charge in [0.2, 0.25) is 0 Å². The smallest absolute Gasteiger partial charge is 0.336 e. The topological polar surface area (TPSA) is 121 Å². The normalized spacial score (nSPS) is 16.4. The van der Waals surface area contributed by atoms with E-state index in [9.17, 15) is 14.4 Å². The first-order valence-corrected chi connectivity index (χ1v) is 22.9. The molecule has 0 radical (unpaired) electrons. The fourth-order valence-electron chi connectivity index (χ4n) is 7.49. The average molecular weight is 872 g/mol. The lowest BCUT2D eigenvalue weighted by atomic mass is 10.0. The average Bonchev–Trinajstić information content (AvgIpc) is 3.29. The molecule has 6 aromatic carbocycles. The maximum absolute atomic E-state index is 14.1. The lowest BCUT2D eigenvalue weighted by molar-refractivity contribution is 0.263. The molecule has 0 saturated heterocycles. The summed E-state index contributed by atoms with van der Waals surface area (Å²) in [6.45, 7) is -0.503. The van der Waals surface area contributed by atoms with Crippen LogP contribution in [0.2, 0.25) is 0 Å². The number of hydrogen-bond acceptors (Lipinski definition) is 9. The van der Waals surface area contributed by atoms with Crippen molar-refractivity contribution in [3.63, 3.8) is 0 Å². The van der Waals surface area contributed by atoms with Gasteiger partial charge in [-0.15, -0.1) is 0 Å². The van der Waals surface area contributed by atoms with Crippen molar-refractivity contribution in [1.82, 2.24) is 13.7 Å². The van der Waals surface area contributed by atoms with Crippen LogP contribution in [0.3, 0.4) is 0 Å². The third kappa shape index (κ3) is 7.77. The number of rotatable bonds is 12. The van der Waals surface area contributed by atoms with Gasteiger partial charge in [0.05, 0.1) is 55.4 Å². The van der Waals surface area contributed by atoms with Gasteiger partial charge in [-0.1, -0.05) is 117 Å². The Morgan fingerprint density at radius 2 is 0.607 bits per heavy atom. The number of aromatic nitrogens is 3. The summed E-state index contributed by atoms with van der Waals surface area (Å²) >= 11 is 0. The van der Waals surface area contributed by atoms with Crippen molar-refractivity contribution in [2.75, 3.05) is 19.8 Å². The van der Waals surface area contributed by atoms with E-state index in [-0.39, 0.29) is 46.9 Å². The second kappa shape index (κ2) is 17.7. The van der Waals surface area contributed by atoms with Gasteiger partial charge < -0.3 is 27.1 Å². The molecule has 3 aliphatic rings. The molecule has 4 heterocycles. The highest BCUT2D eigenvalue weighted by molar-refractivity contribution is 7.57. The largest absolute Gasteiger partial charge is 0.443 e. The van der Waals surface area contributed by atoms with E-state index in [4.69, 9.17) is 27.1 Å². The predicted octanol–water partition coefficient (Wildman–Crippen LogP) is 7.95. The lowest BCUT2D eigenvalue weighted by Gasteiger charge is -2.27. The van der Waals surface area contributed by atoms with Crippen molar-refractivity contribution >= 4 is 41.0 Å². The zero-order chi connectivity index (χ0) is 40.6. The van der Waals surface area contributed by atoms with Crippen molar-refractivity contribution < 1.29 is 27.1 Å². The number of hydrogen-bond donors (Lipinski definition) is 0. The third-order valence-electron chi connectivity index (χ3n) is 10.3. The van der Waals surface area contributed by atoms with Gasteiger partial charge in [0.1, 0.15) is 17.2 Å². The van der Waals surface area contributed by atoms with Gasteiger partial charge in [-0.2, -0.15) is 0 Å². The zero-order valence-corrected chi connectivity index (χ0v) is 34.6. The summed E-state index contributed by atoms with van der Waals surface area (Å²) in [6.07, 6.45) is 0. The second-order valence-electron chi connectivity index (χ2n) is 13.9. The van der Waals surface area contributed by atoms with Crippen LogP contribution in [0, 0.1) is 0 Å². The van der Waals surface area contributed by atoms with E-state index in [1.165, 1.54) is 0 Å². The van der Waals surface area contributed by atoms with Gasteiger partial charge in [0, 0.05) is 16.7 Å². The molecule has 0 aliphatic carbocycles. The van der Waals surface area contributed by atoms with Crippen molar-refractivity contribution in [3.05, 3.63) is 177 Å². The van der Waals surface area contributed by atoms with Crippen LogP contribution in [0.25, 0.3) is 33.4 Å². The van der Waals surface area contributed by atoms with E-state index in [1.807, 2.05) is 146 Å². The SMILES string of the molecule is C.O=c1n(CCOP2Oc3ccccc3-c3ccccc32)c(=O)n(CCOP2Oc3ccccc3-c3ccccc32)c(=O)n1CCOP1Oc2ccccc2-c2ccccc21. The minimum absolute atomic E-state index is 0. The number of benzene rings is 6. The predicted molar refractivity (Wildman–Crippen MR) is 241 cm³/mol. The minimum Gasteiger partial charge on any atom is -0.443 e. The standard InChI is InChI=1S/C45H36N3O9P3.CH4/c49-43-46(25-28-52-58-40-22-10-4-16-34(40)31-13-1-7-19-37(31)55-58)44(50)48(27-30-54-60-42-24-12-6-18-36(42)33-15-3-9-21-39(33)57-60)45(51)47(43)26-29-53-59-41-23-11-5-17-35(41)32-14-2-8-20-38(32)56-59;/h1-24H,25-30H2;1H4. The van der Waals surface area contributed by atoms with Crippen LogP contribution in [0.1, 0.15) is 7.43 Å². The zero-order valence-electron chi connectivity index (χ0n) is 32.0. The first-order valence-electron chi connectivity index (χ1n) is 19.4. The summed E-state index contributed by atoms with van der Waals surface area (Å²) in [5, 5.41) is 2.67. The molecule has 0 saturated carbocycles. The molecule has 3 aliphatic heterocycles. The Labute approximate surface area is 355 Å². The molecule has 15 heteroatoms. The summed E-state index contributed by atoms with van der Waals surface area (Å²) in [6, 6.07) is 46.8. The fourth-order valence-corrected chi connectivity index (χ4v) is 11.9. The Hall–Kier alpha value is -5.70. The summed E-state index contributed by atoms with van der Waals surface area (Å²) in [5.41, 5.74) is 3.58. The van der Waals surface area contributed by atoms with E-state index in [0.29, 0.717) is 17.2 Å². The molecule has 7 aromatic rings. The summed E-state index contributed by atoms with van der Waals surface area (Å²) in [4.78, 5) is 42.4. The Bertz CT molecular complexity index is 2590. The highest BCUT2D eigenvalue weighted by Crippen LogP contribution is 2.51. The first-order chi connectivity index (χ1) is 29.5. The molecule has 0 N–H and O–H groups in total. The van der Waals surface area contributed by atoms with E-state index < -0.39 is 42.2 Å². The Kier molecular flexibility index (Phi) is 11.8. The van der Waals surface area contributed by atoms with E-state index >= 15 is 0 Å². The van der Waals surface area contributed by atoms with E-state index in [2.05, 4.69) is 0 Å². The quantitative estimate of drug-likeness (QED) is 0.113. The Morgan fingerprint density at radius 1 is 0.361 bits per heavy atom. The number of nitrogens with zero attached hydrogens (tertiary/aromatic N) is 3. The van der Waals surface area contributed by atoms with Crippen molar-refractivity contribution in [3.8, 4) is 50.6 Å². The fraction of sp³-hybridized carbons (Fsp3) is 0.152. The molecule has 0 amide bonds. The molecular weight excluding hydrogens is 831 g/mol. The van der Waals surface area contributed by atoms with Crippen LogP contribution < -0.4 is 46.6 Å². The van der Waals surface area contributed by atoms with Gasteiger partial charge in [0.15, 0.2) is 0 Å².